The highest BCUT2D eigenvalue weighted by Crippen LogP contribution is 2.18. The van der Waals surface area contributed by atoms with Gasteiger partial charge in [0.15, 0.2) is 10.8 Å². The smallest absolute Gasteiger partial charge is 0.188 e. The Morgan fingerprint density at radius 1 is 1.62 bits per heavy atom. The predicted octanol–water partition coefficient (Wildman–Crippen LogP) is 1.84. The molecule has 0 aliphatic rings. The molecule has 0 aromatic carbocycles. The third-order valence-corrected chi connectivity index (χ3v) is 3.05. The Kier molecular flexibility index (Phi) is 3.57. The van der Waals surface area contributed by atoms with Crippen LogP contribution in [0.5, 0.6) is 0 Å². The SMILES string of the molecule is COCCc1sc(C(C)=O)nc1C. The number of ketones is 1. The minimum atomic E-state index is 0.0387. The van der Waals surface area contributed by atoms with Crippen molar-refractivity contribution in [1.82, 2.24) is 4.98 Å². The monoisotopic (exact) mass is 199 g/mol. The first kappa shape index (κ1) is 10.3. The van der Waals surface area contributed by atoms with Crippen LogP contribution in [0.25, 0.3) is 0 Å². The van der Waals surface area contributed by atoms with Gasteiger partial charge in [-0.15, -0.1) is 11.3 Å². The maximum atomic E-state index is 11.0. The molecule has 0 fully saturated rings. The summed E-state index contributed by atoms with van der Waals surface area (Å²) in [7, 11) is 1.67. The third-order valence-electron chi connectivity index (χ3n) is 1.73. The number of thiazole rings is 1. The lowest BCUT2D eigenvalue weighted by Gasteiger charge is -1.95. The van der Waals surface area contributed by atoms with Crippen LogP contribution in [0, 0.1) is 6.92 Å². The topological polar surface area (TPSA) is 39.2 Å². The quantitative estimate of drug-likeness (QED) is 0.695. The van der Waals surface area contributed by atoms with Crippen LogP contribution in [0.4, 0.5) is 0 Å². The van der Waals surface area contributed by atoms with Crippen LogP contribution in [0.2, 0.25) is 0 Å². The Morgan fingerprint density at radius 3 is 2.77 bits per heavy atom. The molecular formula is C9H13NO2S. The minimum Gasteiger partial charge on any atom is -0.384 e. The van der Waals surface area contributed by atoms with E-state index in [1.807, 2.05) is 6.92 Å². The van der Waals surface area contributed by atoms with Gasteiger partial charge in [-0.05, 0) is 6.92 Å². The first-order chi connectivity index (χ1) is 6.15. The average molecular weight is 199 g/mol. The summed E-state index contributed by atoms with van der Waals surface area (Å²) in [4.78, 5) is 16.3. The highest BCUT2D eigenvalue weighted by molar-refractivity contribution is 7.13. The lowest BCUT2D eigenvalue weighted by Crippen LogP contribution is -1.93. The number of carbonyl (C=O) groups excluding carboxylic acids is 1. The molecule has 1 heterocycles. The Balaban J connectivity index is 2.77. The summed E-state index contributed by atoms with van der Waals surface area (Å²) >= 11 is 1.47. The molecule has 3 nitrogen and oxygen atoms in total. The van der Waals surface area contributed by atoms with Crippen LogP contribution >= 0.6 is 11.3 Å². The number of carbonyl (C=O) groups is 1. The molecule has 0 aliphatic carbocycles. The molecular weight excluding hydrogens is 186 g/mol. The number of methoxy groups -OCH3 is 1. The zero-order valence-corrected chi connectivity index (χ0v) is 8.90. The van der Waals surface area contributed by atoms with Gasteiger partial charge in [-0.25, -0.2) is 4.98 Å². The molecule has 0 saturated heterocycles. The second-order valence-corrected chi connectivity index (χ2v) is 3.91. The van der Waals surface area contributed by atoms with E-state index in [2.05, 4.69) is 4.98 Å². The number of Topliss-reactive ketones (excluding diaryl/α,β-unsaturated/α-hetero) is 1. The maximum absolute atomic E-state index is 11.0. The Bertz CT molecular complexity index is 307. The van der Waals surface area contributed by atoms with Crippen molar-refractivity contribution in [2.75, 3.05) is 13.7 Å². The van der Waals surface area contributed by atoms with Crippen molar-refractivity contribution in [3.05, 3.63) is 15.6 Å². The van der Waals surface area contributed by atoms with E-state index >= 15 is 0 Å². The van der Waals surface area contributed by atoms with Gasteiger partial charge in [0, 0.05) is 25.3 Å². The van der Waals surface area contributed by atoms with Gasteiger partial charge in [-0.1, -0.05) is 0 Å². The molecule has 1 aromatic rings. The van der Waals surface area contributed by atoms with Crippen molar-refractivity contribution in [3.63, 3.8) is 0 Å². The number of hydrogen-bond acceptors (Lipinski definition) is 4. The van der Waals surface area contributed by atoms with Crippen molar-refractivity contribution < 1.29 is 9.53 Å². The van der Waals surface area contributed by atoms with Gasteiger partial charge in [0.2, 0.25) is 0 Å². The van der Waals surface area contributed by atoms with Crippen molar-refractivity contribution >= 4 is 17.1 Å². The molecule has 4 heteroatoms. The van der Waals surface area contributed by atoms with Gasteiger partial charge < -0.3 is 4.74 Å². The van der Waals surface area contributed by atoms with E-state index in [4.69, 9.17) is 4.74 Å². The van der Waals surface area contributed by atoms with Crippen molar-refractivity contribution in [3.8, 4) is 0 Å². The van der Waals surface area contributed by atoms with Gasteiger partial charge in [0.1, 0.15) is 0 Å². The lowest BCUT2D eigenvalue weighted by atomic mass is 10.3. The lowest BCUT2D eigenvalue weighted by molar-refractivity contribution is 0.101. The molecule has 0 N–H and O–H groups in total. The minimum absolute atomic E-state index is 0.0387. The molecule has 0 radical (unpaired) electrons. The van der Waals surface area contributed by atoms with Crippen molar-refractivity contribution in [2.45, 2.75) is 20.3 Å². The number of aryl methyl sites for hydroxylation is 1. The number of nitrogens with zero attached hydrogens (tertiary/aromatic N) is 1. The molecule has 0 saturated carbocycles. The van der Waals surface area contributed by atoms with Gasteiger partial charge in [-0.2, -0.15) is 0 Å². The van der Waals surface area contributed by atoms with E-state index in [-0.39, 0.29) is 5.78 Å². The predicted molar refractivity (Wildman–Crippen MR) is 52.4 cm³/mol. The molecule has 0 spiro atoms. The Labute approximate surface area is 81.8 Å². The fourth-order valence-electron chi connectivity index (χ4n) is 1.01. The third kappa shape index (κ3) is 2.60. The van der Waals surface area contributed by atoms with Gasteiger partial charge in [0.25, 0.3) is 0 Å². The second-order valence-electron chi connectivity index (χ2n) is 2.83. The highest BCUT2D eigenvalue weighted by Gasteiger charge is 2.09. The molecule has 13 heavy (non-hydrogen) atoms. The molecule has 0 amide bonds. The molecule has 72 valence electrons. The van der Waals surface area contributed by atoms with Crippen LogP contribution in [0.3, 0.4) is 0 Å². The summed E-state index contributed by atoms with van der Waals surface area (Å²) in [5.74, 6) is 0.0387. The second kappa shape index (κ2) is 4.48. The largest absolute Gasteiger partial charge is 0.384 e. The molecule has 1 rings (SSSR count). The normalized spacial score (nSPS) is 10.4. The zero-order valence-electron chi connectivity index (χ0n) is 8.09. The zero-order chi connectivity index (χ0) is 9.84. The van der Waals surface area contributed by atoms with Gasteiger partial charge in [-0.3, -0.25) is 4.79 Å². The van der Waals surface area contributed by atoms with Gasteiger partial charge >= 0.3 is 0 Å². The van der Waals surface area contributed by atoms with Crippen LogP contribution in [-0.4, -0.2) is 24.5 Å². The fourth-order valence-corrected chi connectivity index (χ4v) is 1.94. The summed E-state index contributed by atoms with van der Waals surface area (Å²) in [5.41, 5.74) is 0.951. The Morgan fingerprint density at radius 2 is 2.31 bits per heavy atom. The number of aromatic nitrogens is 1. The first-order valence-corrected chi connectivity index (χ1v) is 4.93. The van der Waals surface area contributed by atoms with Crippen molar-refractivity contribution in [2.24, 2.45) is 0 Å². The summed E-state index contributed by atoms with van der Waals surface area (Å²) in [6.45, 7) is 4.15. The van der Waals surface area contributed by atoms with E-state index in [1.54, 1.807) is 14.0 Å². The van der Waals surface area contributed by atoms with E-state index < -0.39 is 0 Å². The first-order valence-electron chi connectivity index (χ1n) is 4.11. The summed E-state index contributed by atoms with van der Waals surface area (Å²) in [5, 5.41) is 0.601. The molecule has 0 unspecified atom stereocenters. The molecule has 0 aliphatic heterocycles. The summed E-state index contributed by atoms with van der Waals surface area (Å²) in [6.07, 6.45) is 0.841. The number of hydrogen-bond donors (Lipinski definition) is 0. The number of rotatable bonds is 4. The molecule has 1 aromatic heterocycles. The highest BCUT2D eigenvalue weighted by atomic mass is 32.1. The van der Waals surface area contributed by atoms with E-state index in [1.165, 1.54) is 11.3 Å². The van der Waals surface area contributed by atoms with Crippen LogP contribution in [-0.2, 0) is 11.2 Å². The summed E-state index contributed by atoms with van der Waals surface area (Å²) in [6, 6.07) is 0. The van der Waals surface area contributed by atoms with E-state index in [9.17, 15) is 4.79 Å². The average Bonchev–Trinajstić information content (AvgIpc) is 2.44. The fraction of sp³-hybridized carbons (Fsp3) is 0.556. The standard InChI is InChI=1S/C9H13NO2S/c1-6-8(4-5-12-3)13-9(10-6)7(2)11/h4-5H2,1-3H3. The molecule has 0 atom stereocenters. The summed E-state index contributed by atoms with van der Waals surface area (Å²) < 4.78 is 4.96. The number of ether oxygens (including phenoxy) is 1. The Hall–Kier alpha value is -0.740. The van der Waals surface area contributed by atoms with Crippen LogP contribution < -0.4 is 0 Å². The van der Waals surface area contributed by atoms with E-state index in [0.717, 1.165) is 17.0 Å². The van der Waals surface area contributed by atoms with Crippen LogP contribution in [0.15, 0.2) is 0 Å². The van der Waals surface area contributed by atoms with Gasteiger partial charge in [0.05, 0.1) is 12.3 Å². The van der Waals surface area contributed by atoms with Crippen molar-refractivity contribution in [1.29, 1.82) is 0 Å². The van der Waals surface area contributed by atoms with Crippen LogP contribution in [0.1, 0.15) is 27.3 Å². The molecule has 0 bridgehead atoms. The van der Waals surface area contributed by atoms with E-state index in [0.29, 0.717) is 11.6 Å². The maximum Gasteiger partial charge on any atom is 0.188 e.